The third-order valence-electron chi connectivity index (χ3n) is 12.3. The van der Waals surface area contributed by atoms with E-state index in [-0.39, 0.29) is 35.7 Å². The van der Waals surface area contributed by atoms with Gasteiger partial charge < -0.3 is 45.0 Å². The van der Waals surface area contributed by atoms with Crippen LogP contribution in [0.2, 0.25) is 0 Å². The molecule has 5 atom stereocenters. The van der Waals surface area contributed by atoms with Gasteiger partial charge in [0.05, 0.1) is 42.1 Å². The average Bonchev–Trinajstić information content (AvgIpc) is 4.10. The molecule has 0 aliphatic carbocycles. The molecule has 3 aliphatic heterocycles. The highest BCUT2D eigenvalue weighted by Crippen LogP contribution is 2.44. The van der Waals surface area contributed by atoms with Crippen LogP contribution < -0.4 is 15.4 Å². The van der Waals surface area contributed by atoms with E-state index in [0.717, 1.165) is 68.3 Å². The third kappa shape index (κ3) is 7.38. The molecule has 5 N–H and O–H groups in total. The molecule has 4 amide bonds. The van der Waals surface area contributed by atoms with Gasteiger partial charge in [-0.05, 0) is 83.0 Å². The summed E-state index contributed by atoms with van der Waals surface area (Å²) >= 11 is 0. The zero-order valence-corrected chi connectivity index (χ0v) is 34.4. The summed E-state index contributed by atoms with van der Waals surface area (Å²) in [5, 5.41) is 16.7. The monoisotopic (exact) mass is 824 g/mol. The molecule has 2 saturated heterocycles. The first kappa shape index (κ1) is 39.6. The number of carbonyl (C=O) groups is 4. The molecule has 0 saturated carbocycles. The summed E-state index contributed by atoms with van der Waals surface area (Å²) in [4.78, 5) is 71.9. The van der Waals surface area contributed by atoms with Crippen LogP contribution in [0.5, 0.6) is 5.75 Å². The molecule has 0 bridgehead atoms. The minimum Gasteiger partial charge on any atom is -0.488 e. The lowest BCUT2D eigenvalue weighted by molar-refractivity contribution is -0.136. The van der Waals surface area contributed by atoms with E-state index in [9.17, 15) is 24.3 Å². The number of hydrogen-bond donors (Lipinski definition) is 5. The number of nitrogens with one attached hydrogen (secondary N) is 4. The number of hydrogen-bond acceptors (Lipinski definition) is 8. The summed E-state index contributed by atoms with van der Waals surface area (Å²) in [6.07, 6.45) is 2.17. The number of aromatic amines is 2. The van der Waals surface area contributed by atoms with Gasteiger partial charge in [-0.15, -0.1) is 0 Å². The average molecular weight is 825 g/mol. The maximum absolute atomic E-state index is 14.1. The number of H-pyrrole nitrogens is 2. The van der Waals surface area contributed by atoms with Crippen molar-refractivity contribution in [1.29, 1.82) is 0 Å². The standard InChI is InChI=1S/C46H48N8O7/c1-24(2)38(52-46(59)60-4)43(55)53-16-8-11-35(53)41-47-21-34(49-41)28-12-14-30-29(18-28)23-61-37-20-31-27(19-32(30)37)13-15-33-40(31)50-42(48-33)36-17-25(3)22-54(36)44(56)39(51-45(57)58)26-9-6-5-7-10-26/h5-7,9-10,12-15,18-21,24-25,35-36,38-39,51H,8,11,16-17,22-23H2,1-4H3,(H,47,49)(H,48,50)(H,52,59)(H,57,58). The Balaban J connectivity index is 0.968. The van der Waals surface area contributed by atoms with Crippen molar-refractivity contribution in [1.82, 2.24) is 40.4 Å². The number of alkyl carbamates (subject to hydrolysis) is 1. The second kappa shape index (κ2) is 15.9. The number of amides is 4. The summed E-state index contributed by atoms with van der Waals surface area (Å²) in [7, 11) is 1.29. The Morgan fingerprint density at radius 3 is 2.51 bits per heavy atom. The van der Waals surface area contributed by atoms with E-state index in [2.05, 4.69) is 57.9 Å². The molecule has 3 aliphatic rings. The van der Waals surface area contributed by atoms with Crippen molar-refractivity contribution in [3.8, 4) is 28.1 Å². The van der Waals surface area contributed by atoms with E-state index in [1.807, 2.05) is 32.0 Å². The smallest absolute Gasteiger partial charge is 0.407 e. The van der Waals surface area contributed by atoms with Crippen molar-refractivity contribution in [2.75, 3.05) is 20.2 Å². The van der Waals surface area contributed by atoms with Crippen LogP contribution in [0, 0.1) is 11.8 Å². The Hall–Kier alpha value is -6.90. The van der Waals surface area contributed by atoms with Crippen molar-refractivity contribution >= 4 is 45.8 Å². The van der Waals surface area contributed by atoms with Crippen molar-refractivity contribution in [2.45, 2.75) is 70.8 Å². The minimum atomic E-state index is -1.27. The van der Waals surface area contributed by atoms with Gasteiger partial charge >= 0.3 is 12.2 Å². The molecule has 2 fully saturated rings. The van der Waals surface area contributed by atoms with Gasteiger partial charge in [-0.1, -0.05) is 69.3 Å². The van der Waals surface area contributed by atoms with Crippen LogP contribution >= 0.6 is 0 Å². The molecule has 4 aromatic carbocycles. The predicted octanol–water partition coefficient (Wildman–Crippen LogP) is 7.63. The third-order valence-corrected chi connectivity index (χ3v) is 12.3. The fraction of sp³-hybridized carbons (Fsp3) is 0.348. The normalized spacial score (nSPS) is 19.3. The molecule has 314 valence electrons. The van der Waals surface area contributed by atoms with Crippen LogP contribution in [-0.4, -0.2) is 85.1 Å². The molecule has 61 heavy (non-hydrogen) atoms. The molecule has 6 aromatic rings. The molecular formula is C46H48N8O7. The summed E-state index contributed by atoms with van der Waals surface area (Å²) in [6, 6.07) is 21.1. The number of carboxylic acid groups (broad SMARTS) is 1. The summed E-state index contributed by atoms with van der Waals surface area (Å²) < 4.78 is 11.2. The fourth-order valence-corrected chi connectivity index (χ4v) is 9.25. The fourth-order valence-electron chi connectivity index (χ4n) is 9.25. The quantitative estimate of drug-likeness (QED) is 0.0975. The van der Waals surface area contributed by atoms with Crippen LogP contribution in [0.4, 0.5) is 9.59 Å². The van der Waals surface area contributed by atoms with Gasteiger partial charge in [0.15, 0.2) is 0 Å². The van der Waals surface area contributed by atoms with Crippen molar-refractivity contribution in [3.63, 3.8) is 0 Å². The van der Waals surface area contributed by atoms with Gasteiger partial charge in [0.2, 0.25) is 5.91 Å². The van der Waals surface area contributed by atoms with E-state index in [4.69, 9.17) is 19.4 Å². The predicted molar refractivity (Wildman–Crippen MR) is 227 cm³/mol. The number of benzene rings is 4. The van der Waals surface area contributed by atoms with Crippen LogP contribution in [0.3, 0.4) is 0 Å². The molecule has 2 aromatic heterocycles. The van der Waals surface area contributed by atoms with Crippen LogP contribution in [0.1, 0.15) is 80.9 Å². The van der Waals surface area contributed by atoms with Crippen LogP contribution in [-0.2, 0) is 20.9 Å². The number of likely N-dealkylation sites (tertiary alicyclic amines) is 2. The Morgan fingerprint density at radius 2 is 1.74 bits per heavy atom. The number of nitrogens with zero attached hydrogens (tertiary/aromatic N) is 4. The van der Waals surface area contributed by atoms with E-state index in [0.29, 0.717) is 43.3 Å². The van der Waals surface area contributed by atoms with Gasteiger partial charge in [0.25, 0.3) is 5.91 Å². The number of rotatable bonds is 9. The summed E-state index contributed by atoms with van der Waals surface area (Å²) in [6.45, 7) is 7.30. The van der Waals surface area contributed by atoms with Crippen LogP contribution in [0.25, 0.3) is 44.2 Å². The molecule has 15 heteroatoms. The van der Waals surface area contributed by atoms with Crippen molar-refractivity contribution < 1.29 is 33.8 Å². The number of carbonyl (C=O) groups excluding carboxylic acids is 3. The SMILES string of the molecule is COC(=O)NC(C(=O)N1CCCC1c1ncc(-c2ccc3c(c2)COc2cc4c(ccc5[nH]c(C6CC(C)CN6C(=O)C(NC(=O)O)c6ccccc6)nc54)cc2-3)[nH]1)C(C)C. The first-order valence-electron chi connectivity index (χ1n) is 20.7. The molecule has 5 unspecified atom stereocenters. The first-order chi connectivity index (χ1) is 29.5. The molecule has 15 nitrogen and oxygen atoms in total. The van der Waals surface area contributed by atoms with Gasteiger partial charge in [-0.3, -0.25) is 9.59 Å². The largest absolute Gasteiger partial charge is 0.488 e. The first-order valence-corrected chi connectivity index (χ1v) is 20.7. The van der Waals surface area contributed by atoms with E-state index in [1.165, 1.54) is 7.11 Å². The van der Waals surface area contributed by atoms with Crippen molar-refractivity contribution in [3.05, 3.63) is 102 Å². The second-order valence-electron chi connectivity index (χ2n) is 16.7. The lowest BCUT2D eigenvalue weighted by Crippen LogP contribution is -2.51. The van der Waals surface area contributed by atoms with Gasteiger partial charge in [0.1, 0.15) is 36.1 Å². The molecule has 5 heterocycles. The van der Waals surface area contributed by atoms with Crippen LogP contribution in [0.15, 0.2) is 79.0 Å². The number of imidazole rings is 2. The van der Waals surface area contributed by atoms with Gasteiger partial charge in [-0.25, -0.2) is 19.6 Å². The van der Waals surface area contributed by atoms with Gasteiger partial charge in [-0.2, -0.15) is 0 Å². The number of methoxy groups -OCH3 is 1. The highest BCUT2D eigenvalue weighted by atomic mass is 16.5. The topological polar surface area (TPSA) is 195 Å². The Bertz CT molecular complexity index is 2670. The molecule has 0 spiro atoms. The minimum absolute atomic E-state index is 0.123. The summed E-state index contributed by atoms with van der Waals surface area (Å²) in [5.74, 6) is 1.70. The number of ether oxygens (including phenoxy) is 2. The van der Waals surface area contributed by atoms with Crippen molar-refractivity contribution in [2.24, 2.45) is 11.8 Å². The molecular weight excluding hydrogens is 777 g/mol. The Morgan fingerprint density at radius 1 is 0.918 bits per heavy atom. The van der Waals surface area contributed by atoms with E-state index in [1.54, 1.807) is 40.3 Å². The summed E-state index contributed by atoms with van der Waals surface area (Å²) in [5.41, 5.74) is 7.03. The number of fused-ring (bicyclic) bond motifs is 6. The lowest BCUT2D eigenvalue weighted by Gasteiger charge is -2.30. The number of aromatic nitrogens is 4. The second-order valence-corrected chi connectivity index (χ2v) is 16.7. The Kier molecular flexibility index (Phi) is 10.3. The van der Waals surface area contributed by atoms with Gasteiger partial charge in [0, 0.05) is 24.0 Å². The Labute approximate surface area is 351 Å². The zero-order chi connectivity index (χ0) is 42.5. The van der Waals surface area contributed by atoms with E-state index < -0.39 is 24.3 Å². The molecule has 0 radical (unpaired) electrons. The molecule has 9 rings (SSSR count). The highest BCUT2D eigenvalue weighted by Gasteiger charge is 2.40. The maximum Gasteiger partial charge on any atom is 0.407 e. The lowest BCUT2D eigenvalue weighted by atomic mass is 9.92. The van der Waals surface area contributed by atoms with E-state index >= 15 is 0 Å². The highest BCUT2D eigenvalue weighted by molar-refractivity contribution is 6.07. The maximum atomic E-state index is 14.1. The zero-order valence-electron chi connectivity index (χ0n) is 34.4.